The minimum atomic E-state index is -3.43. The Balaban J connectivity index is 1.46. The number of carbonyl (C=O) groups excluding carboxylic acids is 1. The highest BCUT2D eigenvalue weighted by molar-refractivity contribution is 7.90. The Morgan fingerprint density at radius 2 is 1.83 bits per heavy atom. The molecule has 9 heteroatoms. The van der Waals surface area contributed by atoms with E-state index in [9.17, 15) is 13.2 Å². The summed E-state index contributed by atoms with van der Waals surface area (Å²) in [6.45, 7) is 5.55. The van der Waals surface area contributed by atoms with Gasteiger partial charge >= 0.3 is 0 Å². The van der Waals surface area contributed by atoms with Crippen molar-refractivity contribution in [1.29, 1.82) is 0 Å². The minimum absolute atomic E-state index is 0.107. The maximum atomic E-state index is 12.6. The van der Waals surface area contributed by atoms with Gasteiger partial charge in [0, 0.05) is 36.1 Å². The van der Waals surface area contributed by atoms with Gasteiger partial charge in [0.1, 0.15) is 5.82 Å². The van der Waals surface area contributed by atoms with E-state index in [1.807, 2.05) is 12.1 Å². The van der Waals surface area contributed by atoms with E-state index in [2.05, 4.69) is 44.6 Å². The largest absolute Gasteiger partial charge is 0.340 e. The molecule has 0 atom stereocenters. The first-order valence-corrected chi connectivity index (χ1v) is 13.9. The summed E-state index contributed by atoms with van der Waals surface area (Å²) in [5.41, 5.74) is 4.21. The average molecular weight is 503 g/mol. The van der Waals surface area contributed by atoms with Crippen LogP contribution in [0.1, 0.15) is 47.2 Å². The van der Waals surface area contributed by atoms with Crippen molar-refractivity contribution in [2.24, 2.45) is 0 Å². The van der Waals surface area contributed by atoms with E-state index in [4.69, 9.17) is 0 Å². The van der Waals surface area contributed by atoms with Crippen LogP contribution >= 0.6 is 0 Å². The summed E-state index contributed by atoms with van der Waals surface area (Å²) >= 11 is 0. The number of fused-ring (bicyclic) bond motifs is 1. The van der Waals surface area contributed by atoms with Crippen molar-refractivity contribution in [3.05, 3.63) is 71.7 Å². The number of piperidine rings is 1. The Morgan fingerprint density at radius 3 is 2.53 bits per heavy atom. The van der Waals surface area contributed by atoms with Crippen LogP contribution in [0.15, 0.2) is 59.9 Å². The molecule has 0 aliphatic carbocycles. The standard InChI is InChI=1S/C27H28N5O3S/c1-3-32-12-9-19(10-13-32)18-4-6-22(7-5-18)30-26-25-20(8-11-29-27(25)33)15-24(31-26)21-14-23(17-28-16-21)36(2,34)35/h4-8,11,14-17,19H,3,9-10,12-13H2,1-2H3,(H,30,31). The molecule has 5 rings (SSSR count). The number of hydrogen-bond acceptors (Lipinski definition) is 7. The van der Waals surface area contributed by atoms with Gasteiger partial charge in [0.25, 0.3) is 5.91 Å². The van der Waals surface area contributed by atoms with Crippen molar-refractivity contribution in [2.45, 2.75) is 30.6 Å². The maximum absolute atomic E-state index is 12.6. The summed E-state index contributed by atoms with van der Waals surface area (Å²) in [7, 11) is -3.43. The Hall–Kier alpha value is -3.56. The quantitative estimate of drug-likeness (QED) is 0.538. The number of nitrogens with one attached hydrogen (secondary N) is 1. The number of rotatable bonds is 6. The Morgan fingerprint density at radius 1 is 1.08 bits per heavy atom. The zero-order valence-corrected chi connectivity index (χ0v) is 21.1. The molecule has 2 aliphatic heterocycles. The molecule has 1 amide bonds. The second-order valence-electron chi connectivity index (χ2n) is 9.21. The summed E-state index contributed by atoms with van der Waals surface area (Å²) < 4.78 is 24.1. The number of hydrogen-bond donors (Lipinski definition) is 1. The van der Waals surface area contributed by atoms with Crippen LogP contribution in [0.3, 0.4) is 0 Å². The van der Waals surface area contributed by atoms with Gasteiger partial charge in [0.2, 0.25) is 0 Å². The summed E-state index contributed by atoms with van der Waals surface area (Å²) in [4.78, 5) is 24.0. The maximum Gasteiger partial charge on any atom is 0.281 e. The zero-order valence-electron chi connectivity index (χ0n) is 20.3. The van der Waals surface area contributed by atoms with Gasteiger partial charge in [-0.3, -0.25) is 9.78 Å². The van der Waals surface area contributed by atoms with Gasteiger partial charge in [-0.2, -0.15) is 0 Å². The topological polar surface area (TPSA) is 106 Å². The molecule has 1 fully saturated rings. The molecule has 0 spiro atoms. The number of pyridine rings is 2. The molecule has 8 nitrogen and oxygen atoms in total. The highest BCUT2D eigenvalue weighted by atomic mass is 32.2. The minimum Gasteiger partial charge on any atom is -0.340 e. The molecule has 0 bridgehead atoms. The number of carbonyl (C=O) groups is 1. The monoisotopic (exact) mass is 502 g/mol. The van der Waals surface area contributed by atoms with Gasteiger partial charge in [-0.25, -0.2) is 18.7 Å². The molecule has 2 aromatic heterocycles. The first-order valence-electron chi connectivity index (χ1n) is 12.0. The van der Waals surface area contributed by atoms with Crippen LogP contribution in [-0.2, 0) is 9.84 Å². The van der Waals surface area contributed by atoms with E-state index in [1.165, 1.54) is 24.0 Å². The van der Waals surface area contributed by atoms with Gasteiger partial charge in [-0.05, 0) is 79.9 Å². The van der Waals surface area contributed by atoms with E-state index >= 15 is 0 Å². The molecule has 1 saturated heterocycles. The second kappa shape index (κ2) is 9.83. The number of aromatic nitrogens is 2. The van der Waals surface area contributed by atoms with Crippen LogP contribution in [0.5, 0.6) is 0 Å². The Kier molecular flexibility index (Phi) is 6.59. The molecule has 0 saturated carbocycles. The zero-order chi connectivity index (χ0) is 25.3. The third kappa shape index (κ3) is 5.03. The molecule has 1 N–H and O–H groups in total. The fourth-order valence-electron chi connectivity index (χ4n) is 4.73. The molecule has 1 radical (unpaired) electrons. The van der Waals surface area contributed by atoms with Gasteiger partial charge in [0.15, 0.2) is 9.84 Å². The van der Waals surface area contributed by atoms with Crippen LogP contribution < -0.4 is 10.6 Å². The Labute approximate surface area is 211 Å². The van der Waals surface area contributed by atoms with Crippen molar-refractivity contribution in [3.63, 3.8) is 0 Å². The molecule has 2 aliphatic rings. The van der Waals surface area contributed by atoms with Crippen molar-refractivity contribution in [1.82, 2.24) is 20.2 Å². The van der Waals surface area contributed by atoms with Gasteiger partial charge in [-0.15, -0.1) is 0 Å². The molecular formula is C27H28N5O3S. The number of likely N-dealkylation sites (tertiary alicyclic amines) is 1. The van der Waals surface area contributed by atoms with E-state index in [1.54, 1.807) is 18.3 Å². The van der Waals surface area contributed by atoms with Crippen LogP contribution in [0, 0.1) is 0 Å². The normalized spacial score (nSPS) is 16.4. The lowest BCUT2D eigenvalue weighted by molar-refractivity contribution is 0.0965. The highest BCUT2D eigenvalue weighted by Gasteiger charge is 2.23. The molecular weight excluding hydrogens is 474 g/mol. The van der Waals surface area contributed by atoms with Crippen molar-refractivity contribution in [2.75, 3.05) is 31.2 Å². The Bertz CT molecular complexity index is 1430. The van der Waals surface area contributed by atoms with Crippen LogP contribution in [0.2, 0.25) is 0 Å². The van der Waals surface area contributed by atoms with E-state index in [0.29, 0.717) is 34.1 Å². The van der Waals surface area contributed by atoms with E-state index < -0.39 is 9.84 Å². The SMILES string of the molecule is CCN1CCC(c2ccc(Nc3nc(-c4cncc(S(C)(=O)=O)c4)cc4c3C(=O)[N]C=C4)cc2)CC1. The summed E-state index contributed by atoms with van der Waals surface area (Å²) in [6.07, 6.45) is 9.52. The molecule has 4 heterocycles. The number of nitrogens with zero attached hydrogens (tertiary/aromatic N) is 4. The summed E-state index contributed by atoms with van der Waals surface area (Å²) in [5.74, 6) is 0.543. The predicted molar refractivity (Wildman–Crippen MR) is 140 cm³/mol. The second-order valence-corrected chi connectivity index (χ2v) is 11.2. The third-order valence-corrected chi connectivity index (χ3v) is 7.91. The van der Waals surface area contributed by atoms with Crippen molar-refractivity contribution < 1.29 is 13.2 Å². The molecule has 36 heavy (non-hydrogen) atoms. The molecule has 0 unspecified atom stereocenters. The summed E-state index contributed by atoms with van der Waals surface area (Å²) in [5, 5.41) is 7.21. The number of sulfone groups is 1. The summed E-state index contributed by atoms with van der Waals surface area (Å²) in [6, 6.07) is 11.6. The lowest BCUT2D eigenvalue weighted by Crippen LogP contribution is -2.32. The molecule has 3 aromatic rings. The lowest BCUT2D eigenvalue weighted by Gasteiger charge is -2.31. The van der Waals surface area contributed by atoms with Gasteiger partial charge in [-0.1, -0.05) is 19.1 Å². The fraction of sp³-hybridized carbons (Fsp3) is 0.296. The highest BCUT2D eigenvalue weighted by Crippen LogP contribution is 2.32. The number of benzene rings is 1. The average Bonchev–Trinajstić information content (AvgIpc) is 2.89. The van der Waals surface area contributed by atoms with E-state index in [-0.39, 0.29) is 10.8 Å². The number of amides is 1. The molecule has 1 aromatic carbocycles. The van der Waals surface area contributed by atoms with E-state index in [0.717, 1.165) is 44.4 Å². The predicted octanol–water partition coefficient (Wildman–Crippen LogP) is 4.22. The van der Waals surface area contributed by atoms with Crippen LogP contribution in [-0.4, -0.2) is 55.1 Å². The number of anilines is 2. The fourth-order valence-corrected chi connectivity index (χ4v) is 5.32. The van der Waals surface area contributed by atoms with Crippen LogP contribution in [0.4, 0.5) is 11.5 Å². The lowest BCUT2D eigenvalue weighted by atomic mass is 9.89. The van der Waals surface area contributed by atoms with Crippen molar-refractivity contribution >= 4 is 33.3 Å². The smallest absolute Gasteiger partial charge is 0.281 e. The first kappa shape index (κ1) is 24.1. The first-order chi connectivity index (χ1) is 17.3. The van der Waals surface area contributed by atoms with Gasteiger partial charge in [0.05, 0.1) is 16.2 Å². The van der Waals surface area contributed by atoms with Gasteiger partial charge < -0.3 is 10.2 Å². The van der Waals surface area contributed by atoms with Crippen LogP contribution in [0.25, 0.3) is 17.3 Å². The third-order valence-electron chi connectivity index (χ3n) is 6.83. The van der Waals surface area contributed by atoms with Crippen molar-refractivity contribution in [3.8, 4) is 11.3 Å². The molecule has 185 valence electrons.